The molecule has 0 radical (unpaired) electrons. The van der Waals surface area contributed by atoms with Crippen molar-refractivity contribution in [2.75, 3.05) is 11.9 Å². The van der Waals surface area contributed by atoms with Gasteiger partial charge in [0.25, 0.3) is 0 Å². The maximum absolute atomic E-state index is 11.7. The van der Waals surface area contributed by atoms with E-state index in [-0.39, 0.29) is 12.3 Å². The molecule has 0 fully saturated rings. The van der Waals surface area contributed by atoms with Crippen molar-refractivity contribution in [2.24, 2.45) is 0 Å². The van der Waals surface area contributed by atoms with Crippen molar-refractivity contribution in [1.29, 1.82) is 0 Å². The topological polar surface area (TPSA) is 70.7 Å². The number of carbonyl (C=O) groups is 1. The number of rotatable bonds is 4. The van der Waals surface area contributed by atoms with Crippen molar-refractivity contribution in [3.8, 4) is 0 Å². The molecular weight excluding hydrogens is 228 g/mol. The third-order valence-corrected chi connectivity index (χ3v) is 2.25. The van der Waals surface area contributed by atoms with Gasteiger partial charge in [-0.2, -0.15) is 5.10 Å². The van der Waals surface area contributed by atoms with Gasteiger partial charge in [-0.25, -0.2) is 10.1 Å². The summed E-state index contributed by atoms with van der Waals surface area (Å²) >= 11 is 5.72. The lowest BCUT2D eigenvalue weighted by Crippen LogP contribution is -2.14. The van der Waals surface area contributed by atoms with E-state index in [9.17, 15) is 4.79 Å². The van der Waals surface area contributed by atoms with Crippen LogP contribution >= 0.6 is 11.6 Å². The summed E-state index contributed by atoms with van der Waals surface area (Å²) in [5.74, 6) is 0.440. The molecule has 0 aliphatic rings. The van der Waals surface area contributed by atoms with E-state index in [1.807, 2.05) is 0 Å². The lowest BCUT2D eigenvalue weighted by atomic mass is 10.1. The molecule has 0 amide bonds. The molecule has 0 saturated carbocycles. The molecule has 2 N–H and O–H groups in total. The highest BCUT2D eigenvalue weighted by Crippen LogP contribution is 2.10. The Labute approximate surface area is 96.8 Å². The zero-order valence-electron chi connectivity index (χ0n) is 8.27. The third kappa shape index (κ3) is 2.58. The number of ketones is 1. The van der Waals surface area contributed by atoms with Crippen LogP contribution in [0.3, 0.4) is 0 Å². The number of aromatic amines is 1. The SMILES string of the molecule is O=C(CNc1ncn[nH]1)c1ccc(Cl)cc1. The highest BCUT2D eigenvalue weighted by molar-refractivity contribution is 6.30. The van der Waals surface area contributed by atoms with Gasteiger partial charge in [0.1, 0.15) is 6.33 Å². The summed E-state index contributed by atoms with van der Waals surface area (Å²) in [4.78, 5) is 15.5. The highest BCUT2D eigenvalue weighted by atomic mass is 35.5. The summed E-state index contributed by atoms with van der Waals surface area (Å²) in [5.41, 5.74) is 0.608. The molecule has 0 unspecified atom stereocenters. The predicted molar refractivity (Wildman–Crippen MR) is 60.7 cm³/mol. The Balaban J connectivity index is 1.95. The molecule has 2 rings (SSSR count). The van der Waals surface area contributed by atoms with Crippen LogP contribution in [0.2, 0.25) is 5.02 Å². The Morgan fingerprint density at radius 2 is 2.12 bits per heavy atom. The van der Waals surface area contributed by atoms with Crippen molar-refractivity contribution in [1.82, 2.24) is 15.2 Å². The van der Waals surface area contributed by atoms with E-state index in [1.54, 1.807) is 24.3 Å². The van der Waals surface area contributed by atoms with Crippen LogP contribution in [0, 0.1) is 0 Å². The smallest absolute Gasteiger partial charge is 0.218 e. The largest absolute Gasteiger partial charge is 0.347 e. The van der Waals surface area contributed by atoms with Crippen LogP contribution in [0.4, 0.5) is 5.95 Å². The molecule has 1 heterocycles. The van der Waals surface area contributed by atoms with Gasteiger partial charge in [-0.1, -0.05) is 11.6 Å². The average Bonchev–Trinajstić information content (AvgIpc) is 2.80. The van der Waals surface area contributed by atoms with Gasteiger partial charge < -0.3 is 5.32 Å². The Morgan fingerprint density at radius 1 is 1.38 bits per heavy atom. The van der Waals surface area contributed by atoms with Crippen LogP contribution in [-0.4, -0.2) is 27.5 Å². The third-order valence-electron chi connectivity index (χ3n) is 2.00. The van der Waals surface area contributed by atoms with Crippen LogP contribution in [0.15, 0.2) is 30.6 Å². The van der Waals surface area contributed by atoms with Crippen LogP contribution in [-0.2, 0) is 0 Å². The number of nitrogens with zero attached hydrogens (tertiary/aromatic N) is 2. The number of nitrogens with one attached hydrogen (secondary N) is 2. The average molecular weight is 237 g/mol. The van der Waals surface area contributed by atoms with E-state index in [1.165, 1.54) is 6.33 Å². The lowest BCUT2D eigenvalue weighted by molar-refractivity contribution is 0.101. The van der Waals surface area contributed by atoms with Crippen molar-refractivity contribution in [3.05, 3.63) is 41.2 Å². The molecule has 1 aromatic heterocycles. The molecule has 16 heavy (non-hydrogen) atoms. The molecule has 0 aliphatic carbocycles. The van der Waals surface area contributed by atoms with E-state index >= 15 is 0 Å². The van der Waals surface area contributed by atoms with Crippen molar-refractivity contribution >= 4 is 23.3 Å². The van der Waals surface area contributed by atoms with E-state index in [0.717, 1.165) is 0 Å². The van der Waals surface area contributed by atoms with Crippen LogP contribution in [0.25, 0.3) is 0 Å². The molecule has 5 nitrogen and oxygen atoms in total. The van der Waals surface area contributed by atoms with Crippen molar-refractivity contribution in [2.45, 2.75) is 0 Å². The first-order valence-electron chi connectivity index (χ1n) is 4.64. The zero-order valence-corrected chi connectivity index (χ0v) is 9.03. The lowest BCUT2D eigenvalue weighted by Gasteiger charge is -2.02. The first-order valence-corrected chi connectivity index (χ1v) is 5.01. The van der Waals surface area contributed by atoms with Crippen molar-refractivity contribution in [3.63, 3.8) is 0 Å². The molecule has 0 atom stereocenters. The van der Waals surface area contributed by atoms with Gasteiger partial charge in [0.05, 0.1) is 6.54 Å². The molecule has 0 spiro atoms. The van der Waals surface area contributed by atoms with Crippen molar-refractivity contribution < 1.29 is 4.79 Å². The Kier molecular flexibility index (Phi) is 3.16. The number of benzene rings is 1. The van der Waals surface area contributed by atoms with E-state index in [4.69, 9.17) is 11.6 Å². The molecule has 0 aliphatic heterocycles. The summed E-state index contributed by atoms with van der Waals surface area (Å²) in [6.45, 7) is 0.164. The second-order valence-corrected chi connectivity index (χ2v) is 3.55. The summed E-state index contributed by atoms with van der Waals surface area (Å²) in [6, 6.07) is 6.74. The fourth-order valence-electron chi connectivity index (χ4n) is 1.19. The molecule has 2 aromatic rings. The number of halogens is 1. The second-order valence-electron chi connectivity index (χ2n) is 3.12. The Morgan fingerprint density at radius 3 is 2.75 bits per heavy atom. The molecule has 82 valence electrons. The van der Waals surface area contributed by atoms with Crippen LogP contribution < -0.4 is 5.32 Å². The van der Waals surface area contributed by atoms with Crippen LogP contribution in [0.1, 0.15) is 10.4 Å². The zero-order chi connectivity index (χ0) is 11.4. The monoisotopic (exact) mass is 236 g/mol. The summed E-state index contributed by atoms with van der Waals surface area (Å²) in [7, 11) is 0. The minimum absolute atomic E-state index is 0.0342. The molecule has 1 aromatic carbocycles. The van der Waals surface area contributed by atoms with Gasteiger partial charge in [-0.3, -0.25) is 4.79 Å². The standard InChI is InChI=1S/C10H9ClN4O/c11-8-3-1-7(2-4-8)9(16)5-12-10-13-6-14-15-10/h1-4,6H,5H2,(H2,12,13,14,15). The van der Waals surface area contributed by atoms with E-state index < -0.39 is 0 Å². The molecule has 0 bridgehead atoms. The number of anilines is 1. The van der Waals surface area contributed by atoms with Gasteiger partial charge >= 0.3 is 0 Å². The van der Waals surface area contributed by atoms with Gasteiger partial charge in [0.15, 0.2) is 5.78 Å². The van der Waals surface area contributed by atoms with Gasteiger partial charge in [0.2, 0.25) is 5.95 Å². The summed E-state index contributed by atoms with van der Waals surface area (Å²) < 4.78 is 0. The Bertz CT molecular complexity index is 466. The van der Waals surface area contributed by atoms with Gasteiger partial charge in [-0.15, -0.1) is 0 Å². The van der Waals surface area contributed by atoms with E-state index in [2.05, 4.69) is 20.5 Å². The molecule has 0 saturated heterocycles. The maximum atomic E-state index is 11.7. The number of H-pyrrole nitrogens is 1. The fraction of sp³-hybridized carbons (Fsp3) is 0.100. The number of aromatic nitrogens is 3. The number of Topliss-reactive ketones (excluding diaryl/α,β-unsaturated/α-hetero) is 1. The number of hydrogen-bond acceptors (Lipinski definition) is 4. The minimum atomic E-state index is -0.0342. The number of hydrogen-bond donors (Lipinski definition) is 2. The first kappa shape index (κ1) is 10.6. The first-order chi connectivity index (χ1) is 7.75. The Hall–Kier alpha value is -1.88. The summed E-state index contributed by atoms with van der Waals surface area (Å²) in [5, 5.41) is 9.70. The normalized spacial score (nSPS) is 10.1. The van der Waals surface area contributed by atoms with Gasteiger partial charge in [0, 0.05) is 10.6 Å². The second kappa shape index (κ2) is 4.76. The van der Waals surface area contributed by atoms with Gasteiger partial charge in [-0.05, 0) is 24.3 Å². The van der Waals surface area contributed by atoms with Crippen LogP contribution in [0.5, 0.6) is 0 Å². The molecular formula is C10H9ClN4O. The molecule has 6 heteroatoms. The summed E-state index contributed by atoms with van der Waals surface area (Å²) in [6.07, 6.45) is 1.37. The van der Waals surface area contributed by atoms with E-state index in [0.29, 0.717) is 16.5 Å². The highest BCUT2D eigenvalue weighted by Gasteiger charge is 2.05. The predicted octanol–water partition coefficient (Wildman–Crippen LogP) is 1.75. The maximum Gasteiger partial charge on any atom is 0.218 e. The number of carbonyl (C=O) groups excluding carboxylic acids is 1. The quantitative estimate of drug-likeness (QED) is 0.794. The minimum Gasteiger partial charge on any atom is -0.347 e. The fourth-order valence-corrected chi connectivity index (χ4v) is 1.32.